The first kappa shape index (κ1) is 14.9. The van der Waals surface area contributed by atoms with Crippen LogP contribution in [0.1, 0.15) is 30.1 Å². The summed E-state index contributed by atoms with van der Waals surface area (Å²) in [5.41, 5.74) is 5.83. The smallest absolute Gasteiger partial charge is 0.303 e. The summed E-state index contributed by atoms with van der Waals surface area (Å²) in [6.45, 7) is 2.06. The van der Waals surface area contributed by atoms with Gasteiger partial charge in [0.2, 0.25) is 0 Å². The molecule has 1 rings (SSSR count). The number of hydrogen-bond donors (Lipinski definition) is 3. The summed E-state index contributed by atoms with van der Waals surface area (Å²) in [7, 11) is 0. The molecular formula is C13H17FN2O3. The molecule has 104 valence electrons. The van der Waals surface area contributed by atoms with Gasteiger partial charge < -0.3 is 16.2 Å². The molecule has 6 heteroatoms. The molecule has 0 fully saturated rings. The number of carbonyl (C=O) groups excluding carboxylic acids is 1. The Labute approximate surface area is 110 Å². The van der Waals surface area contributed by atoms with E-state index in [1.54, 1.807) is 0 Å². The predicted octanol–water partition coefficient (Wildman–Crippen LogP) is 1.64. The normalized spacial score (nSPS) is 11.9. The van der Waals surface area contributed by atoms with E-state index in [1.165, 1.54) is 12.1 Å². The fourth-order valence-electron chi connectivity index (χ4n) is 1.67. The molecule has 0 heterocycles. The zero-order valence-corrected chi connectivity index (χ0v) is 10.6. The number of nitrogen functional groups attached to an aromatic ring is 1. The third-order valence-corrected chi connectivity index (χ3v) is 2.85. The third-order valence-electron chi connectivity index (χ3n) is 2.85. The Morgan fingerprint density at radius 1 is 1.47 bits per heavy atom. The van der Waals surface area contributed by atoms with E-state index in [9.17, 15) is 14.0 Å². The molecule has 0 bridgehead atoms. The topological polar surface area (TPSA) is 92.4 Å². The minimum absolute atomic E-state index is 0.0184. The van der Waals surface area contributed by atoms with E-state index in [1.807, 2.05) is 6.92 Å². The van der Waals surface area contributed by atoms with Gasteiger partial charge in [-0.05, 0) is 24.1 Å². The van der Waals surface area contributed by atoms with Crippen LogP contribution in [0, 0.1) is 11.7 Å². The van der Waals surface area contributed by atoms with Crippen molar-refractivity contribution in [2.24, 2.45) is 5.92 Å². The Balaban J connectivity index is 2.64. The summed E-state index contributed by atoms with van der Waals surface area (Å²) in [5.74, 6) is -2.11. The van der Waals surface area contributed by atoms with Crippen LogP contribution in [0.2, 0.25) is 0 Å². The van der Waals surface area contributed by atoms with Gasteiger partial charge in [-0.1, -0.05) is 13.3 Å². The van der Waals surface area contributed by atoms with Crippen LogP contribution in [0.25, 0.3) is 0 Å². The summed E-state index contributed by atoms with van der Waals surface area (Å²) in [6.07, 6.45) is 0.612. The number of carboxylic acid groups (broad SMARTS) is 1. The largest absolute Gasteiger partial charge is 0.481 e. The van der Waals surface area contributed by atoms with Gasteiger partial charge >= 0.3 is 5.97 Å². The molecule has 0 spiro atoms. The molecule has 5 nitrogen and oxygen atoms in total. The number of anilines is 1. The Bertz CT molecular complexity index is 477. The zero-order valence-electron chi connectivity index (χ0n) is 10.6. The summed E-state index contributed by atoms with van der Waals surface area (Å²) in [6, 6.07) is 3.55. The second-order valence-corrected chi connectivity index (χ2v) is 4.31. The Hall–Kier alpha value is -2.11. The lowest BCUT2D eigenvalue weighted by atomic mass is 10.0. The molecule has 0 saturated heterocycles. The van der Waals surface area contributed by atoms with Crippen molar-refractivity contribution in [3.05, 3.63) is 29.6 Å². The number of aliphatic carboxylic acids is 1. The van der Waals surface area contributed by atoms with E-state index in [0.29, 0.717) is 6.42 Å². The molecule has 1 aromatic rings. The molecular weight excluding hydrogens is 251 g/mol. The maximum absolute atomic E-state index is 13.0. The van der Waals surface area contributed by atoms with Crippen molar-refractivity contribution in [1.82, 2.24) is 5.32 Å². The van der Waals surface area contributed by atoms with Crippen LogP contribution >= 0.6 is 0 Å². The number of amides is 1. The van der Waals surface area contributed by atoms with E-state index >= 15 is 0 Å². The van der Waals surface area contributed by atoms with E-state index < -0.39 is 17.7 Å². The van der Waals surface area contributed by atoms with Crippen LogP contribution < -0.4 is 11.1 Å². The number of carboxylic acids is 1. The standard InChI is InChI=1S/C13H17FN2O3/c1-2-8(5-12(17)18)7-16-13(19)10-6-9(14)3-4-11(10)15/h3-4,6,8H,2,5,7,15H2,1H3,(H,16,19)(H,17,18). The van der Waals surface area contributed by atoms with Crippen molar-refractivity contribution in [2.45, 2.75) is 19.8 Å². The molecule has 0 aliphatic carbocycles. The van der Waals surface area contributed by atoms with Gasteiger partial charge in [0.1, 0.15) is 5.82 Å². The van der Waals surface area contributed by atoms with Gasteiger partial charge in [-0.2, -0.15) is 0 Å². The zero-order chi connectivity index (χ0) is 14.4. The molecule has 0 radical (unpaired) electrons. The van der Waals surface area contributed by atoms with Crippen molar-refractivity contribution in [2.75, 3.05) is 12.3 Å². The number of rotatable bonds is 6. The van der Waals surface area contributed by atoms with Crippen LogP contribution in [0.15, 0.2) is 18.2 Å². The molecule has 1 aromatic carbocycles. The fraction of sp³-hybridized carbons (Fsp3) is 0.385. The van der Waals surface area contributed by atoms with Gasteiger partial charge in [-0.15, -0.1) is 0 Å². The van der Waals surface area contributed by atoms with Crippen LogP contribution in [0.3, 0.4) is 0 Å². The van der Waals surface area contributed by atoms with Crippen molar-refractivity contribution in [3.63, 3.8) is 0 Å². The van der Waals surface area contributed by atoms with Gasteiger partial charge in [0.15, 0.2) is 0 Å². The highest BCUT2D eigenvalue weighted by molar-refractivity contribution is 5.99. The monoisotopic (exact) mass is 268 g/mol. The number of hydrogen-bond acceptors (Lipinski definition) is 3. The molecule has 0 saturated carbocycles. The van der Waals surface area contributed by atoms with Gasteiger partial charge in [-0.25, -0.2) is 4.39 Å². The summed E-state index contributed by atoms with van der Waals surface area (Å²) in [4.78, 5) is 22.4. The number of halogens is 1. The average molecular weight is 268 g/mol. The first-order valence-electron chi connectivity index (χ1n) is 5.99. The van der Waals surface area contributed by atoms with Crippen LogP contribution in [-0.2, 0) is 4.79 Å². The highest BCUT2D eigenvalue weighted by atomic mass is 19.1. The van der Waals surface area contributed by atoms with Crippen LogP contribution in [-0.4, -0.2) is 23.5 Å². The van der Waals surface area contributed by atoms with Gasteiger partial charge in [0, 0.05) is 18.7 Å². The lowest BCUT2D eigenvalue weighted by Crippen LogP contribution is -2.30. The van der Waals surface area contributed by atoms with E-state index in [4.69, 9.17) is 10.8 Å². The van der Waals surface area contributed by atoms with E-state index in [2.05, 4.69) is 5.32 Å². The third kappa shape index (κ3) is 4.57. The summed E-state index contributed by atoms with van der Waals surface area (Å²) in [5, 5.41) is 11.3. The first-order chi connectivity index (χ1) is 8.93. The molecule has 19 heavy (non-hydrogen) atoms. The highest BCUT2D eigenvalue weighted by Crippen LogP contribution is 2.14. The number of benzene rings is 1. The molecule has 0 aliphatic rings. The molecule has 0 aromatic heterocycles. The van der Waals surface area contributed by atoms with Gasteiger partial charge in [0.25, 0.3) is 5.91 Å². The minimum Gasteiger partial charge on any atom is -0.481 e. The maximum atomic E-state index is 13.0. The average Bonchev–Trinajstić information content (AvgIpc) is 2.36. The first-order valence-corrected chi connectivity index (χ1v) is 5.99. The Morgan fingerprint density at radius 2 is 2.16 bits per heavy atom. The van der Waals surface area contributed by atoms with E-state index in [-0.39, 0.29) is 30.1 Å². The maximum Gasteiger partial charge on any atom is 0.303 e. The second-order valence-electron chi connectivity index (χ2n) is 4.31. The Morgan fingerprint density at radius 3 is 2.74 bits per heavy atom. The highest BCUT2D eigenvalue weighted by Gasteiger charge is 2.15. The molecule has 1 amide bonds. The molecule has 1 unspecified atom stereocenters. The molecule has 0 aliphatic heterocycles. The second kappa shape index (κ2) is 6.72. The number of nitrogens with one attached hydrogen (secondary N) is 1. The van der Waals surface area contributed by atoms with Crippen LogP contribution in [0.4, 0.5) is 10.1 Å². The van der Waals surface area contributed by atoms with Crippen molar-refractivity contribution in [3.8, 4) is 0 Å². The van der Waals surface area contributed by atoms with Gasteiger partial charge in [-0.3, -0.25) is 9.59 Å². The fourth-order valence-corrected chi connectivity index (χ4v) is 1.67. The molecule has 1 atom stereocenters. The van der Waals surface area contributed by atoms with Gasteiger partial charge in [0.05, 0.1) is 5.56 Å². The summed E-state index contributed by atoms with van der Waals surface area (Å²) < 4.78 is 13.0. The van der Waals surface area contributed by atoms with Crippen molar-refractivity contribution in [1.29, 1.82) is 0 Å². The molecule has 4 N–H and O–H groups in total. The quantitative estimate of drug-likeness (QED) is 0.684. The number of nitrogens with two attached hydrogens (primary N) is 1. The Kier molecular flexibility index (Phi) is 5.29. The SMILES string of the molecule is CCC(CNC(=O)c1cc(F)ccc1N)CC(=O)O. The summed E-state index contributed by atoms with van der Waals surface area (Å²) >= 11 is 0. The predicted molar refractivity (Wildman–Crippen MR) is 69.2 cm³/mol. The van der Waals surface area contributed by atoms with Crippen molar-refractivity contribution < 1.29 is 19.1 Å². The lowest BCUT2D eigenvalue weighted by Gasteiger charge is -2.14. The minimum atomic E-state index is -0.911. The lowest BCUT2D eigenvalue weighted by molar-refractivity contribution is -0.138. The number of carbonyl (C=O) groups is 2. The van der Waals surface area contributed by atoms with E-state index in [0.717, 1.165) is 6.07 Å². The van der Waals surface area contributed by atoms with Crippen molar-refractivity contribution >= 4 is 17.6 Å². The van der Waals surface area contributed by atoms with Crippen LogP contribution in [0.5, 0.6) is 0 Å².